The fourth-order valence-corrected chi connectivity index (χ4v) is 5.87. The third-order valence-corrected chi connectivity index (χ3v) is 8.01. The highest BCUT2D eigenvalue weighted by Gasteiger charge is 2.41. The number of Topliss-reactive ketones (excluding diaryl/α,β-unsaturated/α-hetero) is 1. The van der Waals surface area contributed by atoms with Gasteiger partial charge in [0.15, 0.2) is 5.78 Å². The molecule has 0 saturated carbocycles. The highest BCUT2D eigenvalue weighted by molar-refractivity contribution is 6.28. The number of alkyl halides is 3. The second-order valence-corrected chi connectivity index (χ2v) is 10.5. The van der Waals surface area contributed by atoms with Crippen LogP contribution >= 0.6 is 0 Å². The Labute approximate surface area is 243 Å². The van der Waals surface area contributed by atoms with Crippen LogP contribution in [0.15, 0.2) is 72.8 Å². The van der Waals surface area contributed by atoms with E-state index >= 15 is 0 Å². The Morgan fingerprint density at radius 1 is 0.833 bits per heavy atom. The average Bonchev–Trinajstić information content (AvgIpc) is 3.42. The number of urea groups is 2. The lowest BCUT2D eigenvalue weighted by molar-refractivity contribution is -0.137. The van der Waals surface area contributed by atoms with Crippen LogP contribution in [0.2, 0.25) is 0 Å². The number of nitrogens with zero attached hydrogens (tertiary/aromatic N) is 4. The zero-order valence-electron chi connectivity index (χ0n) is 23.6. The molecule has 0 aliphatic carbocycles. The minimum atomic E-state index is -4.66. The molecule has 1 fully saturated rings. The molecular weight excluding hydrogens is 545 g/mol. The molecule has 5 rings (SSSR count). The molecule has 0 radical (unpaired) electrons. The van der Waals surface area contributed by atoms with Gasteiger partial charge in [-0.3, -0.25) is 14.6 Å². The number of fused-ring (bicyclic) bond motifs is 1. The molecule has 0 N–H and O–H groups in total. The summed E-state index contributed by atoms with van der Waals surface area (Å²) in [5.41, 5.74) is -0.0197. The van der Waals surface area contributed by atoms with E-state index < -0.39 is 23.8 Å². The number of anilines is 4. The summed E-state index contributed by atoms with van der Waals surface area (Å²) in [7, 11) is 0. The largest absolute Gasteiger partial charge is 0.416 e. The molecule has 1 saturated heterocycles. The van der Waals surface area contributed by atoms with Gasteiger partial charge in [-0.05, 0) is 81.7 Å². The minimum Gasteiger partial charge on any atom is -0.301 e. The number of carbonyl (C=O) groups is 3. The first kappa shape index (κ1) is 29.3. The van der Waals surface area contributed by atoms with Crippen LogP contribution in [0.4, 0.5) is 45.5 Å². The van der Waals surface area contributed by atoms with Gasteiger partial charge in [-0.15, -0.1) is 0 Å². The van der Waals surface area contributed by atoms with Crippen LogP contribution in [-0.4, -0.2) is 48.4 Å². The van der Waals surface area contributed by atoms with Crippen molar-refractivity contribution in [3.63, 3.8) is 0 Å². The highest BCUT2D eigenvalue weighted by atomic mass is 19.4. The molecule has 2 aliphatic heterocycles. The van der Waals surface area contributed by atoms with Crippen molar-refractivity contribution in [2.45, 2.75) is 51.7 Å². The van der Waals surface area contributed by atoms with Crippen molar-refractivity contribution in [1.29, 1.82) is 0 Å². The number of halogens is 3. The zero-order chi connectivity index (χ0) is 30.0. The monoisotopic (exact) mass is 578 g/mol. The summed E-state index contributed by atoms with van der Waals surface area (Å²) >= 11 is 0. The second kappa shape index (κ2) is 12.0. The first-order valence-corrected chi connectivity index (χ1v) is 14.2. The third kappa shape index (κ3) is 5.63. The quantitative estimate of drug-likeness (QED) is 0.255. The Kier molecular flexibility index (Phi) is 8.36. The molecule has 0 spiro atoms. The Balaban J connectivity index is 1.54. The number of likely N-dealkylation sites (tertiary alicyclic amines) is 1. The Hall–Kier alpha value is -4.18. The van der Waals surface area contributed by atoms with Gasteiger partial charge in [-0.1, -0.05) is 37.3 Å². The lowest BCUT2D eigenvalue weighted by Gasteiger charge is -2.27. The van der Waals surface area contributed by atoms with E-state index in [2.05, 4.69) is 11.8 Å². The second-order valence-electron chi connectivity index (χ2n) is 10.5. The van der Waals surface area contributed by atoms with Crippen molar-refractivity contribution >= 4 is 40.6 Å². The maximum Gasteiger partial charge on any atom is 0.416 e. The molecule has 1 atom stereocenters. The molecule has 3 aromatic carbocycles. The van der Waals surface area contributed by atoms with Crippen LogP contribution in [0.3, 0.4) is 0 Å². The maximum absolute atomic E-state index is 14.2. The van der Waals surface area contributed by atoms with E-state index in [0.29, 0.717) is 23.7 Å². The predicted octanol–water partition coefficient (Wildman–Crippen LogP) is 7.88. The number of carbonyl (C=O) groups excluding carboxylic acids is 3. The molecule has 220 valence electrons. The molecule has 42 heavy (non-hydrogen) atoms. The summed E-state index contributed by atoms with van der Waals surface area (Å²) in [6.07, 6.45) is -1.44. The number of hydrogen-bond donors (Lipinski definition) is 0. The van der Waals surface area contributed by atoms with E-state index in [4.69, 9.17) is 0 Å². The van der Waals surface area contributed by atoms with Gasteiger partial charge in [0.1, 0.15) is 0 Å². The average molecular weight is 579 g/mol. The zero-order valence-corrected chi connectivity index (χ0v) is 23.6. The Morgan fingerprint density at radius 2 is 1.57 bits per heavy atom. The standard InChI is InChI=1S/C32H33F3N4O3/c1-3-36-19-9-14-24(36)16-18-29(40)22-10-8-13-26(20-22)39-30(41)37(4-2)27-17-15-23(32(33,34)35)21-28(27)38(31(39)42)25-11-6-5-7-12-25/h5-8,10-13,15,17,20-21,24H,3-4,9,14,16,18-19H2,1-2H3. The van der Waals surface area contributed by atoms with Crippen molar-refractivity contribution in [3.05, 3.63) is 83.9 Å². The van der Waals surface area contributed by atoms with E-state index in [0.717, 1.165) is 54.3 Å². The summed E-state index contributed by atoms with van der Waals surface area (Å²) in [5, 5.41) is 0. The Morgan fingerprint density at radius 3 is 2.26 bits per heavy atom. The number of rotatable bonds is 8. The van der Waals surface area contributed by atoms with Crippen molar-refractivity contribution in [1.82, 2.24) is 4.90 Å². The molecule has 0 bridgehead atoms. The summed E-state index contributed by atoms with van der Waals surface area (Å²) in [6.45, 7) is 5.86. The van der Waals surface area contributed by atoms with Gasteiger partial charge in [0, 0.05) is 24.6 Å². The normalized spacial score (nSPS) is 17.9. The van der Waals surface area contributed by atoms with Crippen molar-refractivity contribution in [3.8, 4) is 0 Å². The first-order valence-electron chi connectivity index (χ1n) is 14.2. The topological polar surface area (TPSA) is 64.2 Å². The van der Waals surface area contributed by atoms with Crippen LogP contribution in [0, 0.1) is 0 Å². The van der Waals surface area contributed by atoms with Crippen LogP contribution in [0.25, 0.3) is 0 Å². The minimum absolute atomic E-state index is 0.0667. The first-order chi connectivity index (χ1) is 20.1. The van der Waals surface area contributed by atoms with Crippen LogP contribution < -0.4 is 14.7 Å². The van der Waals surface area contributed by atoms with E-state index in [-0.39, 0.29) is 29.4 Å². The summed E-state index contributed by atoms with van der Waals surface area (Å²) in [4.78, 5) is 47.1. The maximum atomic E-state index is 14.2. The Bertz CT molecular complexity index is 1480. The number of benzene rings is 3. The molecule has 7 nitrogen and oxygen atoms in total. The van der Waals surface area contributed by atoms with E-state index in [1.807, 2.05) is 0 Å². The van der Waals surface area contributed by atoms with Gasteiger partial charge in [-0.25, -0.2) is 14.5 Å². The van der Waals surface area contributed by atoms with Crippen LogP contribution in [0.1, 0.15) is 55.5 Å². The summed E-state index contributed by atoms with van der Waals surface area (Å²) < 4.78 is 41.3. The van der Waals surface area contributed by atoms with Crippen molar-refractivity contribution in [2.75, 3.05) is 34.3 Å². The van der Waals surface area contributed by atoms with Crippen LogP contribution in [0.5, 0.6) is 0 Å². The van der Waals surface area contributed by atoms with Crippen molar-refractivity contribution < 1.29 is 27.6 Å². The lowest BCUT2D eigenvalue weighted by atomic mass is 10.0. The summed E-state index contributed by atoms with van der Waals surface area (Å²) in [6, 6.07) is 16.3. The molecule has 1 unspecified atom stereocenters. The smallest absolute Gasteiger partial charge is 0.301 e. The molecule has 2 aliphatic rings. The van der Waals surface area contributed by atoms with E-state index in [1.165, 1.54) is 17.0 Å². The lowest BCUT2D eigenvalue weighted by Crippen LogP contribution is -2.48. The molecule has 3 aromatic rings. The van der Waals surface area contributed by atoms with Gasteiger partial charge in [0.25, 0.3) is 0 Å². The predicted molar refractivity (Wildman–Crippen MR) is 157 cm³/mol. The number of para-hydroxylation sites is 1. The fraction of sp³-hybridized carbons (Fsp3) is 0.344. The van der Waals surface area contributed by atoms with Gasteiger partial charge < -0.3 is 4.90 Å². The summed E-state index contributed by atoms with van der Waals surface area (Å²) in [5.74, 6) is -0.0973. The SMILES string of the molecule is CCN1C(=O)N(c2cccc(C(=O)CCC3CCCN3CC)c2)C(=O)N(c2ccccc2)c2cc(C(F)(F)F)ccc21. The number of hydrogen-bond acceptors (Lipinski definition) is 4. The van der Waals surface area contributed by atoms with Gasteiger partial charge in [0.2, 0.25) is 0 Å². The molecule has 0 aromatic heterocycles. The molecule has 2 heterocycles. The van der Waals surface area contributed by atoms with Crippen molar-refractivity contribution in [2.24, 2.45) is 0 Å². The van der Waals surface area contributed by atoms with Crippen LogP contribution in [-0.2, 0) is 6.18 Å². The number of imide groups is 1. The highest BCUT2D eigenvalue weighted by Crippen LogP contribution is 2.43. The molecule has 4 amide bonds. The third-order valence-electron chi connectivity index (χ3n) is 8.01. The number of ketones is 1. The van der Waals surface area contributed by atoms with E-state index in [1.54, 1.807) is 55.5 Å². The van der Waals surface area contributed by atoms with Gasteiger partial charge >= 0.3 is 18.2 Å². The number of amides is 4. The van der Waals surface area contributed by atoms with Gasteiger partial charge in [0.05, 0.1) is 28.3 Å². The van der Waals surface area contributed by atoms with Gasteiger partial charge in [-0.2, -0.15) is 13.2 Å². The molecule has 10 heteroatoms. The van der Waals surface area contributed by atoms with E-state index in [9.17, 15) is 27.6 Å². The fourth-order valence-electron chi connectivity index (χ4n) is 5.87. The molecular formula is C32H33F3N4O3.